The topological polar surface area (TPSA) is 71.7 Å². The summed E-state index contributed by atoms with van der Waals surface area (Å²) in [6, 6.07) is 74.0. The minimum Gasteiger partial charge on any atom is -0.507 e. The van der Waals surface area contributed by atoms with Crippen molar-refractivity contribution in [2.24, 2.45) is 9.98 Å². The molecule has 71 heavy (non-hydrogen) atoms. The Morgan fingerprint density at radius 2 is 0.634 bits per heavy atom. The molecule has 0 saturated heterocycles. The molecule has 0 radical (unpaired) electrons. The number of aryl methyl sites for hydroxylation is 4. The fourth-order valence-electron chi connectivity index (χ4n) is 9.57. The molecule has 0 atom stereocenters. The number of phenolic OH excluding ortho intramolecular Hbond substituents is 2. The number of fused-ring (bicyclic) bond motifs is 1. The molecule has 0 aliphatic carbocycles. The zero-order chi connectivity index (χ0) is 48.1. The maximum Gasteiger partial charge on any atom is 0.124 e. The van der Waals surface area contributed by atoms with Crippen LogP contribution in [0.4, 0.5) is 45.5 Å². The van der Waals surface area contributed by atoms with Gasteiger partial charge in [0.2, 0.25) is 0 Å². The van der Waals surface area contributed by atoms with Gasteiger partial charge in [-0.3, -0.25) is 9.98 Å². The van der Waals surface area contributed by atoms with Crippen LogP contribution in [-0.4, -0.2) is 22.6 Å². The van der Waals surface area contributed by atoms with Crippen molar-refractivity contribution in [2.45, 2.75) is 27.7 Å². The van der Waals surface area contributed by atoms with Gasteiger partial charge in [0.25, 0.3) is 0 Å². The molecule has 0 bridgehead atoms. The van der Waals surface area contributed by atoms with Crippen LogP contribution in [0.2, 0.25) is 0 Å². The third-order valence-corrected chi connectivity index (χ3v) is 12.8. The van der Waals surface area contributed by atoms with E-state index >= 15 is 0 Å². The fraction of sp³-hybridized carbons (Fsp3) is 0.0625. The monoisotopic (exact) mass is 1100 g/mol. The van der Waals surface area contributed by atoms with Crippen LogP contribution in [-0.2, 0) is 21.1 Å². The van der Waals surface area contributed by atoms with E-state index in [-0.39, 0.29) is 32.6 Å². The molecule has 0 aromatic heterocycles. The summed E-state index contributed by atoms with van der Waals surface area (Å²) in [5.41, 5.74) is 17.2. The molecule has 0 amide bonds. The first-order valence-corrected chi connectivity index (χ1v) is 23.5. The third-order valence-electron chi connectivity index (χ3n) is 12.8. The van der Waals surface area contributed by atoms with Crippen LogP contribution in [0.1, 0.15) is 33.4 Å². The quantitative estimate of drug-likeness (QED) is 0.120. The average molecular weight is 1100 g/mol. The van der Waals surface area contributed by atoms with Crippen molar-refractivity contribution >= 4 is 68.7 Å². The number of rotatable bonds is 12. The van der Waals surface area contributed by atoms with E-state index in [0.717, 1.165) is 89.4 Å². The molecule has 2 N–H and O–H groups in total. The van der Waals surface area contributed by atoms with Crippen LogP contribution < -0.4 is 9.80 Å². The SMILES string of the molecule is Cc1cc(N(c2ccccc2)c2ccccc2)cc(C)c1-c1ccc(C=Nc2cc3ccccc3cc2N=Cc2ccc(-c3c(C)cc(N(c4ccccc4)c4ccccc4)cc3C)cc2O)c(O)c1.[Pt]. The molecule has 6 nitrogen and oxygen atoms in total. The number of phenols is 2. The van der Waals surface area contributed by atoms with Crippen molar-refractivity contribution in [3.8, 4) is 33.8 Å². The van der Waals surface area contributed by atoms with Gasteiger partial charge in [0.05, 0.1) is 11.4 Å². The molecule has 350 valence electrons. The van der Waals surface area contributed by atoms with Crippen molar-refractivity contribution in [3.05, 3.63) is 252 Å². The van der Waals surface area contributed by atoms with Crippen LogP contribution in [0.3, 0.4) is 0 Å². The molecule has 10 aromatic rings. The van der Waals surface area contributed by atoms with Gasteiger partial charge in [0.1, 0.15) is 11.5 Å². The maximum atomic E-state index is 11.5. The van der Waals surface area contributed by atoms with Gasteiger partial charge in [-0.2, -0.15) is 0 Å². The molecule has 0 heterocycles. The molecule has 0 aliphatic heterocycles. The van der Waals surface area contributed by atoms with Gasteiger partial charge < -0.3 is 20.0 Å². The minimum absolute atomic E-state index is 0. The fourth-order valence-corrected chi connectivity index (χ4v) is 9.57. The van der Waals surface area contributed by atoms with Gasteiger partial charge in [-0.15, -0.1) is 0 Å². The van der Waals surface area contributed by atoms with Crippen LogP contribution in [0, 0.1) is 27.7 Å². The molecule has 0 fully saturated rings. The van der Waals surface area contributed by atoms with E-state index in [4.69, 9.17) is 9.98 Å². The molecule has 0 saturated carbocycles. The number of anilines is 6. The summed E-state index contributed by atoms with van der Waals surface area (Å²) in [5, 5.41) is 25.0. The summed E-state index contributed by atoms with van der Waals surface area (Å²) >= 11 is 0. The summed E-state index contributed by atoms with van der Waals surface area (Å²) in [6.45, 7) is 8.48. The summed E-state index contributed by atoms with van der Waals surface area (Å²) in [6.07, 6.45) is 3.37. The Labute approximate surface area is 430 Å². The largest absolute Gasteiger partial charge is 0.507 e. The second-order valence-corrected chi connectivity index (χ2v) is 17.7. The van der Waals surface area contributed by atoms with E-state index in [1.54, 1.807) is 12.4 Å². The van der Waals surface area contributed by atoms with Crippen molar-refractivity contribution in [1.29, 1.82) is 0 Å². The van der Waals surface area contributed by atoms with Crippen molar-refractivity contribution in [1.82, 2.24) is 0 Å². The number of nitrogens with zero attached hydrogens (tertiary/aromatic N) is 4. The Hall–Kier alpha value is -8.31. The van der Waals surface area contributed by atoms with Crippen molar-refractivity contribution in [2.75, 3.05) is 9.80 Å². The second-order valence-electron chi connectivity index (χ2n) is 17.7. The predicted octanol–water partition coefficient (Wildman–Crippen LogP) is 17.3. The number of aliphatic imine (C=N–C) groups is 2. The second kappa shape index (κ2) is 21.1. The molecular formula is C64H52N4O2Pt. The van der Waals surface area contributed by atoms with Crippen molar-refractivity contribution < 1.29 is 31.3 Å². The first-order chi connectivity index (χ1) is 34.2. The Kier molecular flexibility index (Phi) is 14.2. The zero-order valence-electron chi connectivity index (χ0n) is 39.9. The average Bonchev–Trinajstić information content (AvgIpc) is 3.37. The Morgan fingerprint density at radius 3 is 0.930 bits per heavy atom. The van der Waals surface area contributed by atoms with Gasteiger partial charge >= 0.3 is 0 Å². The van der Waals surface area contributed by atoms with E-state index in [2.05, 4.69) is 159 Å². The Morgan fingerprint density at radius 1 is 0.338 bits per heavy atom. The van der Waals surface area contributed by atoms with E-state index in [1.165, 1.54) is 0 Å². The third kappa shape index (κ3) is 10.2. The number of aromatic hydroxyl groups is 2. The smallest absolute Gasteiger partial charge is 0.124 e. The van der Waals surface area contributed by atoms with Crippen LogP contribution in [0.25, 0.3) is 33.0 Å². The molecule has 0 spiro atoms. The number of para-hydroxylation sites is 4. The van der Waals surface area contributed by atoms with Gasteiger partial charge in [-0.25, -0.2) is 0 Å². The number of hydrogen-bond acceptors (Lipinski definition) is 6. The Bertz CT molecular complexity index is 3200. The van der Waals surface area contributed by atoms with Gasteiger partial charge in [0.15, 0.2) is 0 Å². The molecular weight excluding hydrogens is 1050 g/mol. The first kappa shape index (κ1) is 47.7. The van der Waals surface area contributed by atoms with Crippen LogP contribution >= 0.6 is 0 Å². The molecule has 7 heteroatoms. The summed E-state index contributed by atoms with van der Waals surface area (Å²) in [7, 11) is 0. The van der Waals surface area contributed by atoms with Crippen molar-refractivity contribution in [3.63, 3.8) is 0 Å². The maximum absolute atomic E-state index is 11.5. The number of benzene rings is 10. The van der Waals surface area contributed by atoms with E-state index in [0.29, 0.717) is 22.5 Å². The zero-order valence-corrected chi connectivity index (χ0v) is 42.2. The van der Waals surface area contributed by atoms with E-state index in [9.17, 15) is 10.2 Å². The van der Waals surface area contributed by atoms with Crippen LogP contribution in [0.15, 0.2) is 228 Å². The first-order valence-electron chi connectivity index (χ1n) is 23.5. The summed E-state index contributed by atoms with van der Waals surface area (Å²) < 4.78 is 0. The van der Waals surface area contributed by atoms with Gasteiger partial charge in [-0.1, -0.05) is 109 Å². The minimum atomic E-state index is 0. The predicted molar refractivity (Wildman–Crippen MR) is 294 cm³/mol. The Balaban J connectivity index is 0.00000624. The van der Waals surface area contributed by atoms with E-state index < -0.39 is 0 Å². The number of hydrogen-bond donors (Lipinski definition) is 2. The molecule has 0 unspecified atom stereocenters. The molecule has 0 aliphatic rings. The van der Waals surface area contributed by atoms with Gasteiger partial charge in [0, 0.05) is 78.7 Å². The van der Waals surface area contributed by atoms with Gasteiger partial charge in [-0.05, 0) is 192 Å². The normalized spacial score (nSPS) is 11.3. The van der Waals surface area contributed by atoms with Crippen LogP contribution in [0.5, 0.6) is 11.5 Å². The van der Waals surface area contributed by atoms with E-state index in [1.807, 2.05) is 97.1 Å². The molecule has 10 rings (SSSR count). The standard InChI is InChI=1S/C64H52N4O2.Pt/c1-43-33-57(67(53-21-9-5-10-22-53)54-23-11-6-12-24-54)34-44(2)63(43)49-29-31-51(61(69)39-49)41-65-59-37-47-19-17-18-20-48(47)38-60(59)66-42-52-32-30-50(40-62(52)70)64-45(3)35-58(36-46(64)4)68(55-25-13-7-14-26-55)56-27-15-8-16-28-56;/h5-42,69-70H,1-4H3;. The summed E-state index contributed by atoms with van der Waals surface area (Å²) in [4.78, 5) is 14.3. The summed E-state index contributed by atoms with van der Waals surface area (Å²) in [5.74, 6) is 0.250. The molecule has 10 aromatic carbocycles.